The molecule has 3 heteroatoms. The lowest BCUT2D eigenvalue weighted by Gasteiger charge is -2.04. The standard InChI is InChI=1S/C17H19N2O/c1-2-12-20-19-15-11-7-6-10-14(15)16(18)17(19)13-8-4-3-5-9-13/h3-11,16H,2,12,18H2,1H3/q+1. The van der Waals surface area contributed by atoms with E-state index in [2.05, 4.69) is 31.2 Å². The molecule has 2 aromatic rings. The van der Waals surface area contributed by atoms with Crippen molar-refractivity contribution in [1.29, 1.82) is 0 Å². The fourth-order valence-electron chi connectivity index (χ4n) is 2.57. The summed E-state index contributed by atoms with van der Waals surface area (Å²) in [6, 6.07) is 18.2. The van der Waals surface area contributed by atoms with Gasteiger partial charge in [-0.1, -0.05) is 43.3 Å². The van der Waals surface area contributed by atoms with Crippen molar-refractivity contribution >= 4 is 11.4 Å². The normalized spacial score (nSPS) is 17.2. The predicted molar refractivity (Wildman–Crippen MR) is 80.1 cm³/mol. The second kappa shape index (κ2) is 5.47. The van der Waals surface area contributed by atoms with E-state index in [0.29, 0.717) is 6.61 Å². The van der Waals surface area contributed by atoms with Crippen LogP contribution in [0.5, 0.6) is 0 Å². The molecule has 1 aliphatic rings. The van der Waals surface area contributed by atoms with Gasteiger partial charge in [-0.3, -0.25) is 4.84 Å². The van der Waals surface area contributed by atoms with Gasteiger partial charge in [0.2, 0.25) is 0 Å². The molecule has 1 unspecified atom stereocenters. The maximum Gasteiger partial charge on any atom is 0.263 e. The zero-order valence-corrected chi connectivity index (χ0v) is 11.6. The van der Waals surface area contributed by atoms with Crippen molar-refractivity contribution in [2.24, 2.45) is 5.73 Å². The van der Waals surface area contributed by atoms with Crippen molar-refractivity contribution < 1.29 is 9.58 Å². The highest BCUT2D eigenvalue weighted by atomic mass is 16.7. The van der Waals surface area contributed by atoms with Crippen molar-refractivity contribution in [2.45, 2.75) is 19.4 Å². The van der Waals surface area contributed by atoms with Crippen molar-refractivity contribution in [2.75, 3.05) is 6.61 Å². The molecule has 0 radical (unpaired) electrons. The molecule has 0 aliphatic carbocycles. The Labute approximate surface area is 119 Å². The Morgan fingerprint density at radius 3 is 2.50 bits per heavy atom. The molecule has 0 spiro atoms. The summed E-state index contributed by atoms with van der Waals surface area (Å²) in [5, 5.41) is 0. The Morgan fingerprint density at radius 1 is 1.05 bits per heavy atom. The molecule has 0 saturated carbocycles. The first-order valence-electron chi connectivity index (χ1n) is 7.02. The molecule has 20 heavy (non-hydrogen) atoms. The van der Waals surface area contributed by atoms with Gasteiger partial charge in [0.05, 0.1) is 5.56 Å². The predicted octanol–water partition coefficient (Wildman–Crippen LogP) is 3.17. The number of nitrogens with two attached hydrogens (primary N) is 1. The Kier molecular flexibility index (Phi) is 3.52. The minimum Gasteiger partial charge on any atom is -0.315 e. The molecule has 2 N–H and O–H groups in total. The molecule has 0 bridgehead atoms. The second-order valence-electron chi connectivity index (χ2n) is 4.92. The molecule has 3 rings (SSSR count). The average molecular weight is 267 g/mol. The first-order chi connectivity index (χ1) is 9.83. The molecule has 102 valence electrons. The van der Waals surface area contributed by atoms with Gasteiger partial charge in [0.25, 0.3) is 11.4 Å². The molecule has 3 nitrogen and oxygen atoms in total. The highest BCUT2D eigenvalue weighted by Crippen LogP contribution is 2.34. The fraction of sp³-hybridized carbons (Fsp3) is 0.235. The van der Waals surface area contributed by atoms with Gasteiger partial charge in [-0.25, -0.2) is 0 Å². The number of para-hydroxylation sites is 1. The molecular weight excluding hydrogens is 248 g/mol. The van der Waals surface area contributed by atoms with Crippen LogP contribution in [0.4, 0.5) is 5.69 Å². The average Bonchev–Trinajstić information content (AvgIpc) is 2.79. The van der Waals surface area contributed by atoms with E-state index in [-0.39, 0.29) is 6.04 Å². The van der Waals surface area contributed by atoms with E-state index in [4.69, 9.17) is 10.6 Å². The summed E-state index contributed by atoms with van der Waals surface area (Å²) >= 11 is 0. The van der Waals surface area contributed by atoms with Crippen LogP contribution in [0.15, 0.2) is 54.6 Å². The van der Waals surface area contributed by atoms with Gasteiger partial charge in [0, 0.05) is 16.4 Å². The molecule has 2 aromatic carbocycles. The summed E-state index contributed by atoms with van der Waals surface area (Å²) in [7, 11) is 0. The van der Waals surface area contributed by atoms with Crippen LogP contribution in [0.2, 0.25) is 0 Å². The lowest BCUT2D eigenvalue weighted by Crippen LogP contribution is -2.24. The van der Waals surface area contributed by atoms with Crippen molar-refractivity contribution in [3.63, 3.8) is 0 Å². The van der Waals surface area contributed by atoms with E-state index in [1.807, 2.05) is 35.1 Å². The van der Waals surface area contributed by atoms with Crippen LogP contribution in [0.1, 0.15) is 30.5 Å². The molecule has 0 amide bonds. The van der Waals surface area contributed by atoms with Gasteiger partial charge in [0.15, 0.2) is 6.61 Å². The molecular formula is C17H19N2O+. The number of nitrogens with zero attached hydrogens (tertiary/aromatic N) is 1. The molecule has 1 atom stereocenters. The third kappa shape index (κ3) is 2.10. The Morgan fingerprint density at radius 2 is 1.75 bits per heavy atom. The molecule has 1 aliphatic heterocycles. The maximum atomic E-state index is 6.43. The second-order valence-corrected chi connectivity index (χ2v) is 4.92. The highest BCUT2D eigenvalue weighted by molar-refractivity contribution is 6.04. The summed E-state index contributed by atoms with van der Waals surface area (Å²) in [6.07, 6.45) is 0.968. The van der Waals surface area contributed by atoms with E-state index in [9.17, 15) is 0 Å². The quantitative estimate of drug-likeness (QED) is 0.864. The van der Waals surface area contributed by atoms with Crippen molar-refractivity contribution in [1.82, 2.24) is 0 Å². The van der Waals surface area contributed by atoms with Gasteiger partial charge in [-0.15, -0.1) is 0 Å². The lowest BCUT2D eigenvalue weighted by molar-refractivity contribution is -0.727. The highest BCUT2D eigenvalue weighted by Gasteiger charge is 2.40. The first-order valence-corrected chi connectivity index (χ1v) is 7.02. The number of fused-ring (bicyclic) bond motifs is 1. The summed E-state index contributed by atoms with van der Waals surface area (Å²) < 4.78 is 1.90. The molecule has 0 aromatic heterocycles. The molecule has 1 heterocycles. The van der Waals surface area contributed by atoms with Crippen molar-refractivity contribution in [3.05, 3.63) is 65.7 Å². The van der Waals surface area contributed by atoms with E-state index >= 15 is 0 Å². The van der Waals surface area contributed by atoms with Crippen LogP contribution >= 0.6 is 0 Å². The largest absolute Gasteiger partial charge is 0.315 e. The smallest absolute Gasteiger partial charge is 0.263 e. The molecule has 0 saturated heterocycles. The van der Waals surface area contributed by atoms with Gasteiger partial charge in [-0.2, -0.15) is 0 Å². The summed E-state index contributed by atoms with van der Waals surface area (Å²) in [5.74, 6) is 0. The van der Waals surface area contributed by atoms with Gasteiger partial charge < -0.3 is 5.73 Å². The summed E-state index contributed by atoms with van der Waals surface area (Å²) in [4.78, 5) is 5.93. The van der Waals surface area contributed by atoms with Crippen LogP contribution in [-0.4, -0.2) is 17.1 Å². The Bertz CT molecular complexity index is 634. The topological polar surface area (TPSA) is 38.3 Å². The zero-order valence-electron chi connectivity index (χ0n) is 11.6. The Balaban J connectivity index is 2.12. The zero-order chi connectivity index (χ0) is 13.9. The van der Waals surface area contributed by atoms with Crippen LogP contribution < -0.4 is 5.73 Å². The van der Waals surface area contributed by atoms with E-state index in [1.54, 1.807) is 0 Å². The monoisotopic (exact) mass is 267 g/mol. The van der Waals surface area contributed by atoms with Crippen LogP contribution in [-0.2, 0) is 4.84 Å². The summed E-state index contributed by atoms with van der Waals surface area (Å²) in [5.41, 5.74) is 10.7. The maximum absolute atomic E-state index is 6.43. The van der Waals surface area contributed by atoms with Crippen LogP contribution in [0.25, 0.3) is 0 Å². The van der Waals surface area contributed by atoms with Gasteiger partial charge in [-0.05, 0) is 18.6 Å². The Hall–Kier alpha value is -2.13. The van der Waals surface area contributed by atoms with Gasteiger partial charge in [0.1, 0.15) is 6.04 Å². The number of hydrogen-bond acceptors (Lipinski definition) is 2. The minimum atomic E-state index is -0.148. The van der Waals surface area contributed by atoms with E-state index in [1.165, 1.54) is 0 Å². The SMILES string of the molecule is CCCO[N+]1=C(c2ccccc2)C(N)c2ccccc21. The minimum absolute atomic E-state index is 0.148. The third-order valence-electron chi connectivity index (χ3n) is 3.50. The van der Waals surface area contributed by atoms with E-state index < -0.39 is 0 Å². The number of rotatable bonds is 4. The number of hydrogen-bond donors (Lipinski definition) is 1. The van der Waals surface area contributed by atoms with Gasteiger partial charge >= 0.3 is 0 Å². The van der Waals surface area contributed by atoms with Crippen LogP contribution in [0, 0.1) is 0 Å². The lowest BCUT2D eigenvalue weighted by atomic mass is 10.00. The molecule has 0 fully saturated rings. The fourth-order valence-corrected chi connectivity index (χ4v) is 2.57. The summed E-state index contributed by atoms with van der Waals surface area (Å²) in [6.45, 7) is 2.78. The van der Waals surface area contributed by atoms with E-state index in [0.717, 1.165) is 28.9 Å². The van der Waals surface area contributed by atoms with Crippen molar-refractivity contribution in [3.8, 4) is 0 Å². The van der Waals surface area contributed by atoms with Crippen LogP contribution in [0.3, 0.4) is 0 Å². The first kappa shape index (κ1) is 12.9. The number of benzene rings is 2. The third-order valence-corrected chi connectivity index (χ3v) is 3.50.